The van der Waals surface area contributed by atoms with Crippen molar-refractivity contribution in [1.29, 1.82) is 0 Å². The van der Waals surface area contributed by atoms with Crippen LogP contribution in [0.2, 0.25) is 0 Å². The third kappa shape index (κ3) is 5.63. The van der Waals surface area contributed by atoms with Crippen LogP contribution in [-0.4, -0.2) is 70.1 Å². The van der Waals surface area contributed by atoms with Crippen molar-refractivity contribution in [2.45, 2.75) is 67.4 Å². The smallest absolute Gasteiger partial charge is 0.310 e. The Bertz CT molecular complexity index is 1330. The third-order valence-corrected chi connectivity index (χ3v) is 11.0. The van der Waals surface area contributed by atoms with Gasteiger partial charge in [0.25, 0.3) is 5.91 Å². The lowest BCUT2D eigenvalue weighted by Gasteiger charge is -2.37. The van der Waals surface area contributed by atoms with Gasteiger partial charge in [-0.25, -0.2) is 0 Å². The van der Waals surface area contributed by atoms with Gasteiger partial charge in [-0.2, -0.15) is 0 Å². The number of anilines is 1. The van der Waals surface area contributed by atoms with Crippen molar-refractivity contribution in [2.75, 3.05) is 31.2 Å². The fraction of sp³-hybridized carbons (Fsp3) is 0.500. The highest BCUT2D eigenvalue weighted by atomic mass is 32.2. The molecule has 2 amide bonds. The van der Waals surface area contributed by atoms with Gasteiger partial charge in [0, 0.05) is 30.6 Å². The minimum absolute atomic E-state index is 0.0278. The molecule has 1 N–H and O–H groups in total. The lowest BCUT2D eigenvalue weighted by molar-refractivity contribution is -0.154. The summed E-state index contributed by atoms with van der Waals surface area (Å²) >= 11 is 1.66. The van der Waals surface area contributed by atoms with Crippen LogP contribution in [-0.2, 0) is 19.1 Å². The predicted molar refractivity (Wildman–Crippen MR) is 168 cm³/mol. The molecule has 2 aromatic carbocycles. The van der Waals surface area contributed by atoms with Crippen molar-refractivity contribution in [2.24, 2.45) is 11.8 Å². The quantitative estimate of drug-likeness (QED) is 0.167. The lowest BCUT2D eigenvalue weighted by Crippen LogP contribution is -2.55. The number of carbonyl (C=O) groups excluding carboxylic acids is 3. The number of hydrogen-bond acceptors (Lipinski definition) is 6. The number of ether oxygens (including phenoxy) is 1. The van der Waals surface area contributed by atoms with Crippen molar-refractivity contribution in [3.63, 3.8) is 0 Å². The first kappa shape index (κ1) is 30.4. The van der Waals surface area contributed by atoms with Crippen LogP contribution in [0.4, 0.5) is 5.69 Å². The minimum atomic E-state index is -0.684. The molecule has 5 atom stereocenters. The number of hydrogen-bond donors (Lipinski definition) is 1. The Morgan fingerprint density at radius 3 is 2.64 bits per heavy atom. The van der Waals surface area contributed by atoms with E-state index in [1.807, 2.05) is 48.5 Å². The molecule has 0 saturated carbocycles. The van der Waals surface area contributed by atoms with Crippen molar-refractivity contribution in [1.82, 2.24) is 4.90 Å². The highest BCUT2D eigenvalue weighted by Crippen LogP contribution is 2.66. The molecule has 3 saturated heterocycles. The number of amides is 2. The minimum Gasteiger partial charge on any atom is -0.465 e. The molecule has 2 bridgehead atoms. The van der Waals surface area contributed by atoms with Gasteiger partial charge in [-0.1, -0.05) is 42.5 Å². The van der Waals surface area contributed by atoms with Crippen LogP contribution in [0.15, 0.2) is 67.8 Å². The molecule has 7 nitrogen and oxygen atoms in total. The predicted octanol–water partition coefficient (Wildman–Crippen LogP) is 5.51. The molecular weight excluding hydrogens is 548 g/mol. The Labute approximate surface area is 253 Å². The van der Waals surface area contributed by atoms with Crippen LogP contribution in [0.25, 0.3) is 10.8 Å². The summed E-state index contributed by atoms with van der Waals surface area (Å²) in [6.07, 6.45) is 9.68. The number of aliphatic hydroxyl groups is 1. The maximum Gasteiger partial charge on any atom is 0.310 e. The normalized spacial score (nSPS) is 25.9. The summed E-state index contributed by atoms with van der Waals surface area (Å²) in [5, 5.41) is 11.4. The van der Waals surface area contributed by atoms with E-state index in [0.29, 0.717) is 39.0 Å². The van der Waals surface area contributed by atoms with Gasteiger partial charge in [0.2, 0.25) is 5.91 Å². The summed E-state index contributed by atoms with van der Waals surface area (Å²) in [6, 6.07) is 13.3. The highest BCUT2D eigenvalue weighted by molar-refractivity contribution is 8.02. The average molecular weight is 591 g/mol. The van der Waals surface area contributed by atoms with Gasteiger partial charge in [0.15, 0.2) is 0 Å². The Balaban J connectivity index is 1.46. The number of allylic oxidation sites excluding steroid dienone is 1. The second-order valence-electron chi connectivity index (χ2n) is 11.6. The molecule has 3 fully saturated rings. The topological polar surface area (TPSA) is 87.2 Å². The standard InChI is InChI=1S/C34H42N2O5S/c1-3-5-6-12-22-41-33(40)28-27-17-18-34(42-27)29(28)31(38)36(20-10-7-11-21-37)30(34)32(39)35(19-4-2)26-16-15-24-13-8-9-14-25(24)23-26/h3-4,8-9,13-16,23,27-30,37H,1-2,5-7,10-12,17-22H2/t27-,28+,29-,30?,34?/m0/s1. The van der Waals surface area contributed by atoms with Crippen LogP contribution in [0.5, 0.6) is 0 Å². The number of thioether (sulfide) groups is 1. The van der Waals surface area contributed by atoms with E-state index in [4.69, 9.17) is 4.74 Å². The van der Waals surface area contributed by atoms with Gasteiger partial charge in [0.1, 0.15) is 6.04 Å². The van der Waals surface area contributed by atoms with Gasteiger partial charge in [-0.15, -0.1) is 24.9 Å². The Hall–Kier alpha value is -3.10. The van der Waals surface area contributed by atoms with Crippen LogP contribution < -0.4 is 4.90 Å². The average Bonchev–Trinajstić information content (AvgIpc) is 3.64. The Morgan fingerprint density at radius 1 is 1.07 bits per heavy atom. The van der Waals surface area contributed by atoms with Crippen LogP contribution in [0, 0.1) is 11.8 Å². The van der Waals surface area contributed by atoms with Crippen LogP contribution >= 0.6 is 11.8 Å². The van der Waals surface area contributed by atoms with Crippen molar-refractivity contribution in [3.8, 4) is 0 Å². The molecule has 224 valence electrons. The van der Waals surface area contributed by atoms with Crippen LogP contribution in [0.1, 0.15) is 51.4 Å². The fourth-order valence-corrected chi connectivity index (χ4v) is 9.32. The maximum absolute atomic E-state index is 14.7. The molecule has 2 aromatic rings. The van der Waals surface area contributed by atoms with E-state index in [9.17, 15) is 19.5 Å². The number of fused-ring (bicyclic) bond motifs is 2. The summed E-state index contributed by atoms with van der Waals surface area (Å²) in [5.74, 6) is -1.66. The van der Waals surface area contributed by atoms with Gasteiger partial charge in [0.05, 0.1) is 23.2 Å². The molecular formula is C34H42N2O5S. The second-order valence-corrected chi connectivity index (χ2v) is 13.2. The van der Waals surface area contributed by atoms with E-state index in [1.165, 1.54) is 0 Å². The molecule has 0 radical (unpaired) electrons. The van der Waals surface area contributed by atoms with Crippen LogP contribution in [0.3, 0.4) is 0 Å². The molecule has 5 rings (SSSR count). The fourth-order valence-electron chi connectivity index (χ4n) is 7.12. The summed E-state index contributed by atoms with van der Waals surface area (Å²) in [4.78, 5) is 45.9. The number of aliphatic hydroxyl groups excluding tert-OH is 1. The number of carbonyl (C=O) groups is 3. The number of nitrogens with zero attached hydrogens (tertiary/aromatic N) is 2. The Morgan fingerprint density at radius 2 is 1.88 bits per heavy atom. The van der Waals surface area contributed by atoms with Gasteiger partial charge in [-0.3, -0.25) is 14.4 Å². The first-order chi connectivity index (χ1) is 20.5. The number of unbranched alkanes of at least 4 members (excludes halogenated alkanes) is 4. The van der Waals surface area contributed by atoms with E-state index >= 15 is 0 Å². The molecule has 42 heavy (non-hydrogen) atoms. The van der Waals surface area contributed by atoms with Gasteiger partial charge < -0.3 is 19.6 Å². The Kier molecular flexibility index (Phi) is 9.74. The van der Waals surface area contributed by atoms with E-state index in [0.717, 1.165) is 48.6 Å². The van der Waals surface area contributed by atoms with Gasteiger partial charge in [-0.05, 0) is 74.3 Å². The molecule has 1 spiro atoms. The summed E-state index contributed by atoms with van der Waals surface area (Å²) in [5.41, 5.74) is 0.763. The molecule has 3 aliphatic rings. The molecule has 0 aliphatic carbocycles. The molecule has 3 aliphatic heterocycles. The van der Waals surface area contributed by atoms with E-state index < -0.39 is 22.6 Å². The summed E-state index contributed by atoms with van der Waals surface area (Å²) in [7, 11) is 0. The van der Waals surface area contributed by atoms with Crippen molar-refractivity contribution < 1.29 is 24.2 Å². The van der Waals surface area contributed by atoms with Crippen molar-refractivity contribution >= 4 is 46.0 Å². The third-order valence-electron chi connectivity index (χ3n) is 9.03. The van der Waals surface area contributed by atoms with E-state index in [-0.39, 0.29) is 29.6 Å². The zero-order chi connectivity index (χ0) is 29.7. The number of likely N-dealkylation sites (tertiary alicyclic amines) is 1. The molecule has 2 unspecified atom stereocenters. The second kappa shape index (κ2) is 13.5. The van der Waals surface area contributed by atoms with Crippen molar-refractivity contribution in [3.05, 3.63) is 67.8 Å². The van der Waals surface area contributed by atoms with Gasteiger partial charge >= 0.3 is 5.97 Å². The number of rotatable bonds is 15. The number of esters is 1. The maximum atomic E-state index is 14.7. The SMILES string of the molecule is C=CCCCCOC(=O)[C@@H]1[C@@H]2CCC3(S2)C(C(=O)N(CC=C)c2ccc4ccccc4c2)N(CCCCCO)C(=O)[C@H]13. The lowest BCUT2D eigenvalue weighted by atomic mass is 9.71. The van der Waals surface area contributed by atoms with E-state index in [1.54, 1.807) is 27.6 Å². The number of benzene rings is 2. The molecule has 0 aromatic heterocycles. The zero-order valence-corrected chi connectivity index (χ0v) is 25.1. The first-order valence-corrected chi connectivity index (χ1v) is 16.1. The highest BCUT2D eigenvalue weighted by Gasteiger charge is 2.74. The monoisotopic (exact) mass is 590 g/mol. The summed E-state index contributed by atoms with van der Waals surface area (Å²) in [6.45, 7) is 8.82. The zero-order valence-electron chi connectivity index (χ0n) is 24.3. The molecule has 8 heteroatoms. The van der Waals surface area contributed by atoms with E-state index in [2.05, 4.69) is 13.2 Å². The summed E-state index contributed by atoms with van der Waals surface area (Å²) < 4.78 is 5.06. The molecule has 3 heterocycles. The first-order valence-electron chi connectivity index (χ1n) is 15.2. The largest absolute Gasteiger partial charge is 0.465 e.